The van der Waals surface area contributed by atoms with Gasteiger partial charge >= 0.3 is 0 Å². The van der Waals surface area contributed by atoms with Crippen molar-refractivity contribution in [2.75, 3.05) is 19.5 Å². The van der Waals surface area contributed by atoms with Crippen LogP contribution in [0.3, 0.4) is 0 Å². The van der Waals surface area contributed by atoms with Crippen molar-refractivity contribution in [1.82, 2.24) is 0 Å². The number of hydrogen-bond donors (Lipinski definition) is 2. The maximum atomic E-state index is 9.87. The summed E-state index contributed by atoms with van der Waals surface area (Å²) in [5.41, 5.74) is 1.65. The number of phenols is 1. The van der Waals surface area contributed by atoms with Crippen LogP contribution in [0, 0.1) is 0 Å². The lowest BCUT2D eigenvalue weighted by atomic mass is 10.1. The molecule has 0 spiro atoms. The fraction of sp³-hybridized carbons (Fsp3) is 0.200. The van der Waals surface area contributed by atoms with E-state index in [4.69, 9.17) is 32.7 Å². The molecule has 0 aliphatic carbocycles. The van der Waals surface area contributed by atoms with Gasteiger partial charge in [0.1, 0.15) is 0 Å². The van der Waals surface area contributed by atoms with Gasteiger partial charge in [0, 0.05) is 11.6 Å². The fourth-order valence-electron chi connectivity index (χ4n) is 1.88. The summed E-state index contributed by atoms with van der Waals surface area (Å²) >= 11 is 12.0. The van der Waals surface area contributed by atoms with E-state index in [1.54, 1.807) is 30.3 Å². The average Bonchev–Trinajstić information content (AvgIpc) is 2.47. The lowest BCUT2D eigenvalue weighted by molar-refractivity contribution is 0.339. The second-order valence-corrected chi connectivity index (χ2v) is 5.17. The van der Waals surface area contributed by atoms with Gasteiger partial charge in [0.05, 0.1) is 24.9 Å². The van der Waals surface area contributed by atoms with Crippen molar-refractivity contribution >= 4 is 28.9 Å². The van der Waals surface area contributed by atoms with Crippen molar-refractivity contribution in [3.63, 3.8) is 0 Å². The summed E-state index contributed by atoms with van der Waals surface area (Å²) in [5, 5.41) is 14.2. The Bertz CT molecular complexity index is 622. The number of nitrogens with one attached hydrogen (secondary N) is 1. The van der Waals surface area contributed by atoms with Crippen LogP contribution in [0.5, 0.6) is 17.2 Å². The van der Waals surface area contributed by atoms with Crippen molar-refractivity contribution in [3.05, 3.63) is 45.9 Å². The summed E-state index contributed by atoms with van der Waals surface area (Å²) in [6.45, 7) is 0.494. The minimum absolute atomic E-state index is 0.0201. The van der Waals surface area contributed by atoms with Crippen molar-refractivity contribution in [1.29, 1.82) is 0 Å². The molecule has 0 bridgehead atoms. The van der Waals surface area contributed by atoms with E-state index >= 15 is 0 Å². The highest BCUT2D eigenvalue weighted by Crippen LogP contribution is 2.37. The first-order valence-electron chi connectivity index (χ1n) is 6.18. The molecule has 2 N–H and O–H groups in total. The molecule has 0 saturated carbocycles. The molecule has 4 nitrogen and oxygen atoms in total. The van der Waals surface area contributed by atoms with Gasteiger partial charge in [0.15, 0.2) is 11.5 Å². The molecule has 0 radical (unpaired) electrons. The van der Waals surface area contributed by atoms with Crippen LogP contribution in [0.2, 0.25) is 10.0 Å². The molecule has 21 heavy (non-hydrogen) atoms. The Morgan fingerprint density at radius 3 is 2.19 bits per heavy atom. The lowest BCUT2D eigenvalue weighted by Crippen LogP contribution is -2.01. The van der Waals surface area contributed by atoms with E-state index < -0.39 is 0 Å². The van der Waals surface area contributed by atoms with Crippen molar-refractivity contribution in [3.8, 4) is 17.2 Å². The molecule has 0 atom stereocenters. The minimum atomic E-state index is -0.0201. The topological polar surface area (TPSA) is 50.7 Å². The molecular formula is C15H15Cl2NO3. The smallest absolute Gasteiger partial charge is 0.200 e. The van der Waals surface area contributed by atoms with E-state index in [0.717, 1.165) is 11.3 Å². The number of ether oxygens (including phenoxy) is 2. The fourth-order valence-corrected chi connectivity index (χ4v) is 2.36. The van der Waals surface area contributed by atoms with Crippen LogP contribution in [0.4, 0.5) is 5.69 Å². The van der Waals surface area contributed by atoms with Crippen LogP contribution >= 0.6 is 23.2 Å². The van der Waals surface area contributed by atoms with Crippen LogP contribution in [0.1, 0.15) is 5.56 Å². The molecule has 2 rings (SSSR count). The molecule has 0 heterocycles. The molecule has 0 aliphatic heterocycles. The molecule has 2 aromatic carbocycles. The minimum Gasteiger partial charge on any atom is -0.502 e. The zero-order valence-electron chi connectivity index (χ0n) is 11.6. The maximum absolute atomic E-state index is 9.87. The van der Waals surface area contributed by atoms with E-state index in [-0.39, 0.29) is 5.75 Å². The summed E-state index contributed by atoms with van der Waals surface area (Å²) < 4.78 is 10.2. The van der Waals surface area contributed by atoms with Gasteiger partial charge in [0.2, 0.25) is 5.75 Å². The van der Waals surface area contributed by atoms with Crippen molar-refractivity contribution in [2.45, 2.75) is 6.54 Å². The standard InChI is InChI=1S/C15H15Cl2NO3/c1-20-13-5-9(6-14(21-2)15(13)19)8-18-12-4-3-10(16)7-11(12)17/h3-7,18-19H,8H2,1-2H3. The number of benzene rings is 2. The molecule has 0 fully saturated rings. The second-order valence-electron chi connectivity index (χ2n) is 4.33. The van der Waals surface area contributed by atoms with Crippen LogP contribution in [-0.2, 0) is 6.54 Å². The Morgan fingerprint density at radius 1 is 1.05 bits per heavy atom. The quantitative estimate of drug-likeness (QED) is 0.858. The maximum Gasteiger partial charge on any atom is 0.200 e. The monoisotopic (exact) mass is 327 g/mol. The molecule has 0 aromatic heterocycles. The van der Waals surface area contributed by atoms with Gasteiger partial charge in [-0.25, -0.2) is 0 Å². The van der Waals surface area contributed by atoms with Gasteiger partial charge in [0.25, 0.3) is 0 Å². The first kappa shape index (κ1) is 15.6. The molecular weight excluding hydrogens is 313 g/mol. The molecule has 2 aromatic rings. The third kappa shape index (κ3) is 3.65. The van der Waals surface area contributed by atoms with Gasteiger partial charge in [-0.2, -0.15) is 0 Å². The first-order chi connectivity index (χ1) is 10.0. The highest BCUT2D eigenvalue weighted by Gasteiger charge is 2.11. The average molecular weight is 328 g/mol. The van der Waals surface area contributed by atoms with Crippen LogP contribution in [-0.4, -0.2) is 19.3 Å². The van der Waals surface area contributed by atoms with Crippen LogP contribution in [0.15, 0.2) is 30.3 Å². The van der Waals surface area contributed by atoms with Gasteiger partial charge < -0.3 is 19.9 Å². The molecule has 112 valence electrons. The van der Waals surface area contributed by atoms with Crippen molar-refractivity contribution in [2.24, 2.45) is 0 Å². The summed E-state index contributed by atoms with van der Waals surface area (Å²) in [6, 6.07) is 8.69. The van der Waals surface area contributed by atoms with E-state index in [1.165, 1.54) is 14.2 Å². The van der Waals surface area contributed by atoms with Crippen LogP contribution < -0.4 is 14.8 Å². The van der Waals surface area contributed by atoms with Gasteiger partial charge in [-0.1, -0.05) is 23.2 Å². The van der Waals surface area contributed by atoms with E-state index in [0.29, 0.717) is 28.1 Å². The Balaban J connectivity index is 2.19. The van der Waals surface area contributed by atoms with E-state index in [2.05, 4.69) is 5.32 Å². The molecule has 0 aliphatic rings. The Hall–Kier alpha value is -1.78. The van der Waals surface area contributed by atoms with Crippen molar-refractivity contribution < 1.29 is 14.6 Å². The van der Waals surface area contributed by atoms with E-state index in [1.807, 2.05) is 0 Å². The number of anilines is 1. The number of halogens is 2. The SMILES string of the molecule is COc1cc(CNc2ccc(Cl)cc2Cl)cc(OC)c1O. The zero-order valence-corrected chi connectivity index (χ0v) is 13.1. The first-order valence-corrected chi connectivity index (χ1v) is 6.93. The number of methoxy groups -OCH3 is 2. The predicted molar refractivity (Wildman–Crippen MR) is 85.0 cm³/mol. The predicted octanol–water partition coefficient (Wildman–Crippen LogP) is 4.33. The third-order valence-corrected chi connectivity index (χ3v) is 3.50. The second kappa shape index (κ2) is 6.78. The van der Waals surface area contributed by atoms with Gasteiger partial charge in [-0.05, 0) is 35.9 Å². The highest BCUT2D eigenvalue weighted by atomic mass is 35.5. The number of aromatic hydroxyl groups is 1. The number of phenolic OH excluding ortho intramolecular Hbond substituents is 1. The summed E-state index contributed by atoms with van der Waals surface area (Å²) in [5.74, 6) is 0.690. The normalized spacial score (nSPS) is 10.3. The zero-order chi connectivity index (χ0) is 15.4. The Labute approximate surface area is 133 Å². The number of rotatable bonds is 5. The summed E-state index contributed by atoms with van der Waals surface area (Å²) in [6.07, 6.45) is 0. The highest BCUT2D eigenvalue weighted by molar-refractivity contribution is 6.36. The third-order valence-electron chi connectivity index (χ3n) is 2.95. The number of hydrogen-bond acceptors (Lipinski definition) is 4. The van der Waals surface area contributed by atoms with E-state index in [9.17, 15) is 5.11 Å². The molecule has 0 amide bonds. The molecule has 0 unspecified atom stereocenters. The van der Waals surface area contributed by atoms with Gasteiger partial charge in [-0.3, -0.25) is 0 Å². The molecule has 0 saturated heterocycles. The lowest BCUT2D eigenvalue weighted by Gasteiger charge is -2.13. The van der Waals surface area contributed by atoms with Crippen LogP contribution in [0.25, 0.3) is 0 Å². The van der Waals surface area contributed by atoms with Gasteiger partial charge in [-0.15, -0.1) is 0 Å². The summed E-state index contributed by atoms with van der Waals surface area (Å²) in [4.78, 5) is 0. The molecule has 6 heteroatoms. The summed E-state index contributed by atoms with van der Waals surface area (Å²) in [7, 11) is 2.98. The largest absolute Gasteiger partial charge is 0.502 e. The Kier molecular flexibility index (Phi) is 5.04. The Morgan fingerprint density at radius 2 is 1.67 bits per heavy atom.